The van der Waals surface area contributed by atoms with Gasteiger partial charge in [-0.25, -0.2) is 8.42 Å². The van der Waals surface area contributed by atoms with Gasteiger partial charge in [0.2, 0.25) is 5.91 Å². The summed E-state index contributed by atoms with van der Waals surface area (Å²) in [5.74, 6) is -0.215. The second-order valence-electron chi connectivity index (χ2n) is 3.65. The van der Waals surface area contributed by atoms with Gasteiger partial charge < -0.3 is 15.8 Å². The molecule has 7 heteroatoms. The molecular formula is C11H16N2O4S. The van der Waals surface area contributed by atoms with Gasteiger partial charge >= 0.3 is 0 Å². The van der Waals surface area contributed by atoms with Gasteiger partial charge in [0.1, 0.15) is 10.6 Å². The first-order valence-corrected chi connectivity index (χ1v) is 6.94. The van der Waals surface area contributed by atoms with Crippen molar-refractivity contribution in [3.63, 3.8) is 0 Å². The smallest absolute Gasteiger partial charge is 0.221 e. The zero-order valence-electron chi connectivity index (χ0n) is 10.3. The molecular weight excluding hydrogens is 256 g/mol. The largest absolute Gasteiger partial charge is 0.495 e. The van der Waals surface area contributed by atoms with Crippen LogP contribution in [0, 0.1) is 0 Å². The van der Waals surface area contributed by atoms with Crippen LogP contribution in [0.15, 0.2) is 23.1 Å². The Labute approximate surface area is 106 Å². The van der Waals surface area contributed by atoms with E-state index in [0.717, 1.165) is 0 Å². The molecule has 100 valence electrons. The van der Waals surface area contributed by atoms with Crippen molar-refractivity contribution >= 4 is 21.4 Å². The average molecular weight is 272 g/mol. The average Bonchev–Trinajstić information content (AvgIpc) is 2.28. The lowest BCUT2D eigenvalue weighted by atomic mass is 10.3. The monoisotopic (exact) mass is 272 g/mol. The van der Waals surface area contributed by atoms with Crippen molar-refractivity contribution in [3.8, 4) is 5.75 Å². The van der Waals surface area contributed by atoms with Crippen LogP contribution in [0.3, 0.4) is 0 Å². The molecule has 0 atom stereocenters. The van der Waals surface area contributed by atoms with Gasteiger partial charge in [0.25, 0.3) is 0 Å². The first-order valence-electron chi connectivity index (χ1n) is 5.29. The molecule has 1 aromatic carbocycles. The summed E-state index contributed by atoms with van der Waals surface area (Å²) in [5, 5.41) is 2.52. The van der Waals surface area contributed by atoms with Crippen LogP contribution in [0.2, 0.25) is 0 Å². The first-order chi connectivity index (χ1) is 8.40. The van der Waals surface area contributed by atoms with E-state index < -0.39 is 9.84 Å². The van der Waals surface area contributed by atoms with Crippen LogP contribution in [-0.4, -0.2) is 33.7 Å². The van der Waals surface area contributed by atoms with Crippen molar-refractivity contribution in [1.82, 2.24) is 0 Å². The van der Waals surface area contributed by atoms with Crippen LogP contribution in [-0.2, 0) is 14.6 Å². The highest BCUT2D eigenvalue weighted by Crippen LogP contribution is 2.27. The van der Waals surface area contributed by atoms with Gasteiger partial charge in [-0.3, -0.25) is 4.79 Å². The molecule has 1 aromatic rings. The molecule has 0 unspecified atom stereocenters. The summed E-state index contributed by atoms with van der Waals surface area (Å²) in [6.45, 7) is 1.37. The molecule has 0 aliphatic heterocycles. The molecule has 3 N–H and O–H groups in total. The van der Waals surface area contributed by atoms with E-state index in [1.165, 1.54) is 26.2 Å². The van der Waals surface area contributed by atoms with Crippen LogP contribution in [0.5, 0.6) is 5.75 Å². The maximum atomic E-state index is 12.0. The number of rotatable bonds is 5. The summed E-state index contributed by atoms with van der Waals surface area (Å²) in [4.78, 5) is 11.0. The third-order valence-electron chi connectivity index (χ3n) is 2.21. The van der Waals surface area contributed by atoms with Crippen LogP contribution in [0.25, 0.3) is 0 Å². The number of amides is 1. The molecule has 6 nitrogen and oxygen atoms in total. The standard InChI is InChI=1S/C11H16N2O4S/c1-8(14)13-9-3-4-10(17-2)11(7-9)18(15,16)6-5-12/h3-4,7H,5-6,12H2,1-2H3,(H,13,14). The van der Waals surface area contributed by atoms with E-state index in [1.54, 1.807) is 6.07 Å². The number of carbonyl (C=O) groups is 1. The second kappa shape index (κ2) is 5.83. The third kappa shape index (κ3) is 3.44. The molecule has 0 heterocycles. The van der Waals surface area contributed by atoms with Crippen molar-refractivity contribution in [1.29, 1.82) is 0 Å². The predicted octanol–water partition coefficient (Wildman–Crippen LogP) is 0.386. The highest BCUT2D eigenvalue weighted by Gasteiger charge is 2.19. The number of nitrogens with one attached hydrogen (secondary N) is 1. The number of hydrogen-bond acceptors (Lipinski definition) is 5. The molecule has 18 heavy (non-hydrogen) atoms. The van der Waals surface area contributed by atoms with E-state index in [1.807, 2.05) is 0 Å². The van der Waals surface area contributed by atoms with Crippen molar-refractivity contribution < 1.29 is 17.9 Å². The summed E-state index contributed by atoms with van der Waals surface area (Å²) in [6.07, 6.45) is 0. The van der Waals surface area contributed by atoms with Crippen molar-refractivity contribution in [3.05, 3.63) is 18.2 Å². The molecule has 0 bridgehead atoms. The fourth-order valence-corrected chi connectivity index (χ4v) is 2.76. The lowest BCUT2D eigenvalue weighted by Crippen LogP contribution is -2.17. The van der Waals surface area contributed by atoms with Crippen LogP contribution in [0.4, 0.5) is 5.69 Å². The molecule has 0 aromatic heterocycles. The van der Waals surface area contributed by atoms with Gasteiger partial charge in [0.05, 0.1) is 12.9 Å². The Balaban J connectivity index is 3.26. The predicted molar refractivity (Wildman–Crippen MR) is 68.4 cm³/mol. The van der Waals surface area contributed by atoms with Crippen molar-refractivity contribution in [2.24, 2.45) is 5.73 Å². The SMILES string of the molecule is COc1ccc(NC(C)=O)cc1S(=O)(=O)CCN. The van der Waals surface area contributed by atoms with E-state index >= 15 is 0 Å². The molecule has 0 saturated heterocycles. The number of sulfone groups is 1. The summed E-state index contributed by atoms with van der Waals surface area (Å²) in [7, 11) is -2.13. The zero-order chi connectivity index (χ0) is 13.8. The van der Waals surface area contributed by atoms with E-state index in [9.17, 15) is 13.2 Å². The highest BCUT2D eigenvalue weighted by atomic mass is 32.2. The van der Waals surface area contributed by atoms with Gasteiger partial charge in [0, 0.05) is 19.2 Å². The van der Waals surface area contributed by atoms with Gasteiger partial charge in [-0.05, 0) is 18.2 Å². The number of benzene rings is 1. The maximum absolute atomic E-state index is 12.0. The second-order valence-corrected chi connectivity index (χ2v) is 5.73. The summed E-state index contributed by atoms with van der Waals surface area (Å²) in [6, 6.07) is 4.43. The molecule has 1 rings (SSSR count). The molecule has 0 aliphatic rings. The minimum absolute atomic E-state index is 0.0237. The maximum Gasteiger partial charge on any atom is 0.221 e. The quantitative estimate of drug-likeness (QED) is 0.807. The Morgan fingerprint density at radius 2 is 2.11 bits per heavy atom. The van der Waals surface area contributed by atoms with E-state index in [-0.39, 0.29) is 28.8 Å². The molecule has 0 saturated carbocycles. The molecule has 0 spiro atoms. The summed E-state index contributed by atoms with van der Waals surface area (Å²) >= 11 is 0. The number of anilines is 1. The van der Waals surface area contributed by atoms with Gasteiger partial charge in [-0.2, -0.15) is 0 Å². The van der Waals surface area contributed by atoms with Crippen LogP contribution >= 0.6 is 0 Å². The third-order valence-corrected chi connectivity index (χ3v) is 3.97. The number of carbonyl (C=O) groups excluding carboxylic acids is 1. The lowest BCUT2D eigenvalue weighted by molar-refractivity contribution is -0.114. The Morgan fingerprint density at radius 1 is 1.44 bits per heavy atom. The number of hydrogen-bond donors (Lipinski definition) is 2. The number of nitrogens with two attached hydrogens (primary N) is 1. The molecule has 1 amide bonds. The Kier molecular flexibility index (Phi) is 4.69. The Morgan fingerprint density at radius 3 is 2.61 bits per heavy atom. The van der Waals surface area contributed by atoms with Crippen LogP contribution in [0.1, 0.15) is 6.92 Å². The minimum Gasteiger partial charge on any atom is -0.495 e. The van der Waals surface area contributed by atoms with E-state index in [4.69, 9.17) is 10.5 Å². The minimum atomic E-state index is -3.51. The van der Waals surface area contributed by atoms with Crippen LogP contribution < -0.4 is 15.8 Å². The van der Waals surface area contributed by atoms with E-state index in [2.05, 4.69) is 5.32 Å². The molecule has 0 aliphatic carbocycles. The first kappa shape index (κ1) is 14.5. The van der Waals surface area contributed by atoms with Gasteiger partial charge in [-0.15, -0.1) is 0 Å². The van der Waals surface area contributed by atoms with Gasteiger partial charge in [0.15, 0.2) is 9.84 Å². The number of methoxy groups -OCH3 is 1. The number of ether oxygens (including phenoxy) is 1. The van der Waals surface area contributed by atoms with Crippen molar-refractivity contribution in [2.45, 2.75) is 11.8 Å². The highest BCUT2D eigenvalue weighted by molar-refractivity contribution is 7.91. The normalized spacial score (nSPS) is 11.1. The Hall–Kier alpha value is -1.60. The van der Waals surface area contributed by atoms with Gasteiger partial charge in [-0.1, -0.05) is 0 Å². The fraction of sp³-hybridized carbons (Fsp3) is 0.364. The topological polar surface area (TPSA) is 98.5 Å². The summed E-state index contributed by atoms with van der Waals surface area (Å²) < 4.78 is 29.0. The molecule has 0 fully saturated rings. The fourth-order valence-electron chi connectivity index (χ4n) is 1.47. The van der Waals surface area contributed by atoms with E-state index in [0.29, 0.717) is 5.69 Å². The zero-order valence-corrected chi connectivity index (χ0v) is 11.1. The molecule has 0 radical (unpaired) electrons. The van der Waals surface area contributed by atoms with Crippen molar-refractivity contribution in [2.75, 3.05) is 24.7 Å². The Bertz CT molecular complexity index is 540. The lowest BCUT2D eigenvalue weighted by Gasteiger charge is -2.11. The summed E-state index contributed by atoms with van der Waals surface area (Å²) in [5.41, 5.74) is 5.67.